The lowest BCUT2D eigenvalue weighted by molar-refractivity contribution is -0.384. The lowest BCUT2D eigenvalue weighted by Crippen LogP contribution is -1.99. The third kappa shape index (κ3) is 2.35. The number of aliphatic hydroxyl groups is 1. The molecule has 7 heteroatoms. The number of benzene rings is 1. The van der Waals surface area contributed by atoms with Crippen LogP contribution in [0, 0.1) is 17.0 Å². The molecule has 0 spiro atoms. The summed E-state index contributed by atoms with van der Waals surface area (Å²) in [6.07, 6.45) is 2.14. The minimum atomic E-state index is -0.435. The van der Waals surface area contributed by atoms with E-state index in [4.69, 9.17) is 5.11 Å². The van der Waals surface area contributed by atoms with E-state index in [1.54, 1.807) is 23.9 Å². The van der Waals surface area contributed by atoms with Gasteiger partial charge in [-0.3, -0.25) is 10.1 Å². The van der Waals surface area contributed by atoms with Gasteiger partial charge in [-0.05, 0) is 18.6 Å². The molecular weight excluding hydrogens is 236 g/mol. The molecule has 7 nitrogen and oxygen atoms in total. The lowest BCUT2D eigenvalue weighted by Gasteiger charge is -2.03. The molecule has 0 aliphatic heterocycles. The highest BCUT2D eigenvalue weighted by molar-refractivity contribution is 5.47. The fourth-order valence-electron chi connectivity index (χ4n) is 1.66. The third-order valence-electron chi connectivity index (χ3n) is 2.55. The topological polar surface area (TPSA) is 94.1 Å². The molecule has 1 aromatic heterocycles. The SMILES string of the molecule is Cc1cc([N+](=O)[O-])ccc1-n1cc(CCO)nn1. The first-order valence-electron chi connectivity index (χ1n) is 5.39. The molecule has 1 aromatic carbocycles. The summed E-state index contributed by atoms with van der Waals surface area (Å²) in [5.41, 5.74) is 2.20. The Bertz CT molecular complexity index is 579. The van der Waals surface area contributed by atoms with E-state index in [2.05, 4.69) is 10.3 Å². The van der Waals surface area contributed by atoms with E-state index in [0.29, 0.717) is 12.1 Å². The third-order valence-corrected chi connectivity index (χ3v) is 2.55. The number of hydrogen-bond donors (Lipinski definition) is 1. The van der Waals surface area contributed by atoms with Gasteiger partial charge < -0.3 is 5.11 Å². The summed E-state index contributed by atoms with van der Waals surface area (Å²) in [6, 6.07) is 4.54. The molecule has 18 heavy (non-hydrogen) atoms. The molecule has 0 fully saturated rings. The maximum absolute atomic E-state index is 10.6. The van der Waals surface area contributed by atoms with Gasteiger partial charge in [0.05, 0.1) is 22.5 Å². The second kappa shape index (κ2) is 4.92. The first-order chi connectivity index (χ1) is 8.61. The van der Waals surface area contributed by atoms with Crippen molar-refractivity contribution in [1.82, 2.24) is 15.0 Å². The minimum Gasteiger partial charge on any atom is -0.396 e. The van der Waals surface area contributed by atoms with Gasteiger partial charge in [0, 0.05) is 25.2 Å². The molecule has 2 aromatic rings. The maximum Gasteiger partial charge on any atom is 0.269 e. The van der Waals surface area contributed by atoms with Gasteiger partial charge >= 0.3 is 0 Å². The van der Waals surface area contributed by atoms with Gasteiger partial charge in [-0.2, -0.15) is 0 Å². The fourth-order valence-corrected chi connectivity index (χ4v) is 1.66. The van der Waals surface area contributed by atoms with Gasteiger partial charge in [0.25, 0.3) is 5.69 Å². The van der Waals surface area contributed by atoms with Crippen LogP contribution in [0.15, 0.2) is 24.4 Å². The Hall–Kier alpha value is -2.28. The quantitative estimate of drug-likeness (QED) is 0.643. The number of aliphatic hydroxyl groups excluding tert-OH is 1. The maximum atomic E-state index is 10.6. The Morgan fingerprint density at radius 1 is 1.50 bits per heavy atom. The Balaban J connectivity index is 2.35. The standard InChI is InChI=1S/C11H12N4O3/c1-8-6-10(15(17)18)2-3-11(8)14-7-9(4-5-16)12-13-14/h2-3,6-7,16H,4-5H2,1H3. The van der Waals surface area contributed by atoms with E-state index in [9.17, 15) is 10.1 Å². The van der Waals surface area contributed by atoms with Gasteiger partial charge in [-0.25, -0.2) is 4.68 Å². The van der Waals surface area contributed by atoms with Crippen molar-refractivity contribution in [3.63, 3.8) is 0 Å². The van der Waals surface area contributed by atoms with Crippen molar-refractivity contribution in [3.05, 3.63) is 45.8 Å². The number of nitro benzene ring substituents is 1. The average molecular weight is 248 g/mol. The van der Waals surface area contributed by atoms with Gasteiger partial charge in [0.15, 0.2) is 0 Å². The molecule has 0 bridgehead atoms. The van der Waals surface area contributed by atoms with Crippen molar-refractivity contribution in [3.8, 4) is 5.69 Å². The molecule has 0 saturated heterocycles. The zero-order chi connectivity index (χ0) is 13.1. The number of aromatic nitrogens is 3. The molecule has 0 atom stereocenters. The first kappa shape index (κ1) is 12.2. The van der Waals surface area contributed by atoms with Crippen molar-refractivity contribution < 1.29 is 10.0 Å². The van der Waals surface area contributed by atoms with Crippen LogP contribution in [0.3, 0.4) is 0 Å². The molecule has 0 aliphatic rings. The Kier molecular flexibility index (Phi) is 3.33. The molecule has 0 radical (unpaired) electrons. The normalized spacial score (nSPS) is 10.6. The largest absolute Gasteiger partial charge is 0.396 e. The van der Waals surface area contributed by atoms with Crippen LogP contribution in [0.2, 0.25) is 0 Å². The summed E-state index contributed by atoms with van der Waals surface area (Å²) < 4.78 is 1.55. The van der Waals surface area contributed by atoms with Crippen molar-refractivity contribution in [2.24, 2.45) is 0 Å². The summed E-state index contributed by atoms with van der Waals surface area (Å²) in [4.78, 5) is 10.2. The minimum absolute atomic E-state index is 0.0118. The van der Waals surface area contributed by atoms with Crippen molar-refractivity contribution in [2.75, 3.05) is 6.61 Å². The number of rotatable bonds is 4. The predicted molar refractivity (Wildman–Crippen MR) is 63.5 cm³/mol. The number of hydrogen-bond acceptors (Lipinski definition) is 5. The van der Waals surface area contributed by atoms with Crippen LogP contribution in [0.5, 0.6) is 0 Å². The van der Waals surface area contributed by atoms with E-state index in [0.717, 1.165) is 11.3 Å². The first-order valence-corrected chi connectivity index (χ1v) is 5.39. The van der Waals surface area contributed by atoms with Crippen LogP contribution in [-0.4, -0.2) is 31.6 Å². The molecule has 94 valence electrons. The summed E-state index contributed by atoms with van der Waals surface area (Å²) in [5, 5.41) is 27.3. The van der Waals surface area contributed by atoms with Gasteiger partial charge in [0.2, 0.25) is 0 Å². The molecule has 1 N–H and O–H groups in total. The molecule has 0 unspecified atom stereocenters. The number of non-ortho nitro benzene ring substituents is 1. The van der Waals surface area contributed by atoms with Crippen LogP contribution in [0.4, 0.5) is 5.69 Å². The van der Waals surface area contributed by atoms with E-state index in [-0.39, 0.29) is 12.3 Å². The summed E-state index contributed by atoms with van der Waals surface area (Å²) in [5.74, 6) is 0. The number of aryl methyl sites for hydroxylation is 1. The molecule has 2 rings (SSSR count). The van der Waals surface area contributed by atoms with Crippen LogP contribution in [0.1, 0.15) is 11.3 Å². The van der Waals surface area contributed by atoms with E-state index in [1.165, 1.54) is 12.1 Å². The Labute approximate surface area is 103 Å². The van der Waals surface area contributed by atoms with Crippen molar-refractivity contribution in [2.45, 2.75) is 13.3 Å². The van der Waals surface area contributed by atoms with Gasteiger partial charge in [-0.15, -0.1) is 5.10 Å². The number of nitrogens with zero attached hydrogens (tertiary/aromatic N) is 4. The lowest BCUT2D eigenvalue weighted by atomic mass is 10.2. The Morgan fingerprint density at radius 3 is 2.89 bits per heavy atom. The molecular formula is C11H12N4O3. The Morgan fingerprint density at radius 2 is 2.28 bits per heavy atom. The average Bonchev–Trinajstić information content (AvgIpc) is 2.77. The van der Waals surface area contributed by atoms with E-state index in [1.807, 2.05) is 0 Å². The summed E-state index contributed by atoms with van der Waals surface area (Å²) >= 11 is 0. The molecule has 0 aliphatic carbocycles. The van der Waals surface area contributed by atoms with Gasteiger partial charge in [-0.1, -0.05) is 5.21 Å². The summed E-state index contributed by atoms with van der Waals surface area (Å²) in [6.45, 7) is 1.79. The zero-order valence-electron chi connectivity index (χ0n) is 9.78. The van der Waals surface area contributed by atoms with Crippen molar-refractivity contribution in [1.29, 1.82) is 0 Å². The second-order valence-electron chi connectivity index (χ2n) is 3.86. The van der Waals surface area contributed by atoms with Crippen LogP contribution in [-0.2, 0) is 6.42 Å². The highest BCUT2D eigenvalue weighted by Gasteiger charge is 2.10. The monoisotopic (exact) mass is 248 g/mol. The van der Waals surface area contributed by atoms with Crippen LogP contribution in [0.25, 0.3) is 5.69 Å². The van der Waals surface area contributed by atoms with E-state index >= 15 is 0 Å². The highest BCUT2D eigenvalue weighted by atomic mass is 16.6. The summed E-state index contributed by atoms with van der Waals surface area (Å²) in [7, 11) is 0. The molecule has 0 saturated carbocycles. The molecule has 1 heterocycles. The van der Waals surface area contributed by atoms with E-state index < -0.39 is 4.92 Å². The number of nitro groups is 1. The van der Waals surface area contributed by atoms with Crippen molar-refractivity contribution >= 4 is 5.69 Å². The highest BCUT2D eigenvalue weighted by Crippen LogP contribution is 2.19. The van der Waals surface area contributed by atoms with Crippen LogP contribution >= 0.6 is 0 Å². The fraction of sp³-hybridized carbons (Fsp3) is 0.273. The zero-order valence-corrected chi connectivity index (χ0v) is 9.78. The van der Waals surface area contributed by atoms with Crippen LogP contribution < -0.4 is 0 Å². The second-order valence-corrected chi connectivity index (χ2v) is 3.86. The predicted octanol–water partition coefficient (Wildman–Crippen LogP) is 1.02. The smallest absolute Gasteiger partial charge is 0.269 e. The van der Waals surface area contributed by atoms with Gasteiger partial charge in [0.1, 0.15) is 0 Å². The molecule has 0 amide bonds.